The fourth-order valence-electron chi connectivity index (χ4n) is 1.69. The number of thioether (sulfide) groups is 1. The number of rotatable bonds is 3. The maximum atomic E-state index is 5.36. The largest absolute Gasteiger partial charge is 0.379 e. The Morgan fingerprint density at radius 2 is 2.29 bits per heavy atom. The van der Waals surface area contributed by atoms with Crippen molar-refractivity contribution in [2.45, 2.75) is 5.37 Å². The van der Waals surface area contributed by atoms with E-state index in [0.717, 1.165) is 26.3 Å². The highest BCUT2D eigenvalue weighted by Crippen LogP contribution is 2.33. The molecule has 1 fully saturated rings. The van der Waals surface area contributed by atoms with Gasteiger partial charge in [-0.15, -0.1) is 23.1 Å². The van der Waals surface area contributed by atoms with Gasteiger partial charge in [-0.3, -0.25) is 4.90 Å². The third-order valence-corrected chi connectivity index (χ3v) is 4.46. The lowest BCUT2D eigenvalue weighted by Gasteiger charge is -2.32. The molecule has 1 aliphatic heterocycles. The number of nitrogens with zero attached hydrogens (tertiary/aromatic N) is 1. The molecule has 1 aromatic rings. The average molecular weight is 229 g/mol. The summed E-state index contributed by atoms with van der Waals surface area (Å²) in [5, 5.41) is 2.68. The molecule has 0 N–H and O–H groups in total. The minimum Gasteiger partial charge on any atom is -0.379 e. The zero-order chi connectivity index (χ0) is 9.80. The lowest BCUT2D eigenvalue weighted by atomic mass is 10.3. The number of morpholine rings is 1. The van der Waals surface area contributed by atoms with Crippen molar-refractivity contribution in [3.63, 3.8) is 0 Å². The highest BCUT2D eigenvalue weighted by molar-refractivity contribution is 7.98. The van der Waals surface area contributed by atoms with Gasteiger partial charge in [-0.25, -0.2) is 0 Å². The summed E-state index contributed by atoms with van der Waals surface area (Å²) in [6.45, 7) is 3.87. The molecule has 1 aromatic heterocycles. The van der Waals surface area contributed by atoms with Gasteiger partial charge in [-0.1, -0.05) is 6.07 Å². The van der Waals surface area contributed by atoms with Gasteiger partial charge in [-0.05, 0) is 17.7 Å². The van der Waals surface area contributed by atoms with E-state index in [-0.39, 0.29) is 0 Å². The van der Waals surface area contributed by atoms with Crippen molar-refractivity contribution in [3.05, 3.63) is 22.4 Å². The molecule has 0 bridgehead atoms. The van der Waals surface area contributed by atoms with Crippen molar-refractivity contribution >= 4 is 23.1 Å². The zero-order valence-electron chi connectivity index (χ0n) is 8.31. The maximum Gasteiger partial charge on any atom is 0.0906 e. The molecule has 0 aromatic carbocycles. The van der Waals surface area contributed by atoms with Crippen molar-refractivity contribution < 1.29 is 4.74 Å². The molecule has 0 spiro atoms. The highest BCUT2D eigenvalue weighted by atomic mass is 32.2. The van der Waals surface area contributed by atoms with Crippen LogP contribution in [0.3, 0.4) is 0 Å². The number of hydrogen-bond donors (Lipinski definition) is 0. The number of hydrogen-bond acceptors (Lipinski definition) is 4. The Labute approximate surface area is 93.3 Å². The molecule has 4 heteroatoms. The summed E-state index contributed by atoms with van der Waals surface area (Å²) < 4.78 is 5.36. The molecule has 1 atom stereocenters. The summed E-state index contributed by atoms with van der Waals surface area (Å²) in [6.07, 6.45) is 2.18. The topological polar surface area (TPSA) is 12.5 Å². The molecule has 1 saturated heterocycles. The summed E-state index contributed by atoms with van der Waals surface area (Å²) in [7, 11) is 0. The second-order valence-electron chi connectivity index (χ2n) is 3.25. The minimum atomic E-state index is 0.527. The standard InChI is InChI=1S/C10H15NOS2/c1-13-10(9-3-2-8-14-9)11-4-6-12-7-5-11/h2-3,8,10H,4-7H2,1H3. The number of thiophene rings is 1. The van der Waals surface area contributed by atoms with Crippen LogP contribution in [0.4, 0.5) is 0 Å². The molecule has 1 aliphatic rings. The molecule has 2 rings (SSSR count). The van der Waals surface area contributed by atoms with Crippen molar-refractivity contribution in [1.82, 2.24) is 4.90 Å². The fraction of sp³-hybridized carbons (Fsp3) is 0.600. The molecule has 0 amide bonds. The van der Waals surface area contributed by atoms with Crippen molar-refractivity contribution in [2.75, 3.05) is 32.6 Å². The Hall–Kier alpha value is -0.0300. The van der Waals surface area contributed by atoms with Gasteiger partial charge in [0.1, 0.15) is 0 Å². The van der Waals surface area contributed by atoms with Crippen LogP contribution in [0.2, 0.25) is 0 Å². The first kappa shape index (κ1) is 10.5. The number of ether oxygens (including phenoxy) is 1. The van der Waals surface area contributed by atoms with Crippen LogP contribution in [0.15, 0.2) is 17.5 Å². The van der Waals surface area contributed by atoms with Crippen molar-refractivity contribution in [3.8, 4) is 0 Å². The van der Waals surface area contributed by atoms with E-state index in [0.29, 0.717) is 5.37 Å². The molecule has 2 nitrogen and oxygen atoms in total. The molecule has 0 saturated carbocycles. The lowest BCUT2D eigenvalue weighted by Crippen LogP contribution is -2.37. The van der Waals surface area contributed by atoms with E-state index in [1.165, 1.54) is 4.88 Å². The first-order valence-corrected chi connectivity index (χ1v) is 6.96. The molecule has 2 heterocycles. The van der Waals surface area contributed by atoms with Crippen LogP contribution in [0, 0.1) is 0 Å². The van der Waals surface area contributed by atoms with Crippen LogP contribution >= 0.6 is 23.1 Å². The quantitative estimate of drug-likeness (QED) is 0.790. The van der Waals surface area contributed by atoms with Gasteiger partial charge < -0.3 is 4.74 Å². The Morgan fingerprint density at radius 3 is 2.86 bits per heavy atom. The summed E-state index contributed by atoms with van der Waals surface area (Å²) in [5.74, 6) is 0. The van der Waals surface area contributed by atoms with Crippen LogP contribution in [0.25, 0.3) is 0 Å². The van der Waals surface area contributed by atoms with Gasteiger partial charge in [0.15, 0.2) is 0 Å². The molecular weight excluding hydrogens is 214 g/mol. The van der Waals surface area contributed by atoms with Crippen LogP contribution < -0.4 is 0 Å². The second kappa shape index (κ2) is 5.16. The molecule has 1 unspecified atom stereocenters. The van der Waals surface area contributed by atoms with Gasteiger partial charge >= 0.3 is 0 Å². The molecule has 14 heavy (non-hydrogen) atoms. The Morgan fingerprint density at radius 1 is 1.50 bits per heavy atom. The third kappa shape index (κ3) is 2.31. The normalized spacial score (nSPS) is 20.9. The minimum absolute atomic E-state index is 0.527. The van der Waals surface area contributed by atoms with E-state index in [4.69, 9.17) is 4.74 Å². The van der Waals surface area contributed by atoms with Crippen molar-refractivity contribution in [1.29, 1.82) is 0 Å². The van der Waals surface area contributed by atoms with Crippen LogP contribution in [-0.2, 0) is 4.74 Å². The molecule has 78 valence electrons. The first-order valence-electron chi connectivity index (χ1n) is 4.80. The van der Waals surface area contributed by atoms with Crippen LogP contribution in [0.1, 0.15) is 10.3 Å². The summed E-state index contributed by atoms with van der Waals surface area (Å²) in [5.41, 5.74) is 0. The second-order valence-corrected chi connectivity index (χ2v) is 5.15. The summed E-state index contributed by atoms with van der Waals surface area (Å²) in [6, 6.07) is 4.35. The van der Waals surface area contributed by atoms with E-state index < -0.39 is 0 Å². The van der Waals surface area contributed by atoms with Gasteiger partial charge in [0.05, 0.1) is 18.6 Å². The van der Waals surface area contributed by atoms with Gasteiger partial charge in [0.25, 0.3) is 0 Å². The summed E-state index contributed by atoms with van der Waals surface area (Å²) in [4.78, 5) is 3.96. The Bertz CT molecular complexity index is 257. The van der Waals surface area contributed by atoms with Crippen molar-refractivity contribution in [2.24, 2.45) is 0 Å². The Kier molecular flexibility index (Phi) is 3.87. The van der Waals surface area contributed by atoms with Crippen LogP contribution in [-0.4, -0.2) is 37.5 Å². The van der Waals surface area contributed by atoms with E-state index in [9.17, 15) is 0 Å². The summed E-state index contributed by atoms with van der Waals surface area (Å²) >= 11 is 3.76. The molecular formula is C10H15NOS2. The van der Waals surface area contributed by atoms with Gasteiger partial charge in [0, 0.05) is 18.0 Å². The van der Waals surface area contributed by atoms with Crippen LogP contribution in [0.5, 0.6) is 0 Å². The Balaban J connectivity index is 2.04. The maximum absolute atomic E-state index is 5.36. The lowest BCUT2D eigenvalue weighted by molar-refractivity contribution is 0.0329. The monoisotopic (exact) mass is 229 g/mol. The van der Waals surface area contributed by atoms with E-state index in [1.807, 2.05) is 23.1 Å². The third-order valence-electron chi connectivity index (χ3n) is 2.39. The average Bonchev–Trinajstić information content (AvgIpc) is 2.74. The zero-order valence-corrected chi connectivity index (χ0v) is 9.94. The molecule has 0 radical (unpaired) electrons. The molecule has 0 aliphatic carbocycles. The van der Waals surface area contributed by atoms with E-state index >= 15 is 0 Å². The predicted octanol–water partition coefficient (Wildman–Crippen LogP) is 2.44. The fourth-order valence-corrected chi connectivity index (χ4v) is 3.70. The highest BCUT2D eigenvalue weighted by Gasteiger charge is 2.21. The first-order chi connectivity index (χ1) is 6.92. The van der Waals surface area contributed by atoms with Gasteiger partial charge in [-0.2, -0.15) is 0 Å². The predicted molar refractivity (Wildman–Crippen MR) is 63.0 cm³/mol. The van der Waals surface area contributed by atoms with E-state index in [2.05, 4.69) is 28.7 Å². The smallest absolute Gasteiger partial charge is 0.0906 e. The van der Waals surface area contributed by atoms with Gasteiger partial charge in [0.2, 0.25) is 0 Å². The SMILES string of the molecule is CSC(c1cccs1)N1CCOCC1. The van der Waals surface area contributed by atoms with E-state index in [1.54, 1.807) is 0 Å².